The Labute approximate surface area is 132 Å². The predicted molar refractivity (Wildman–Crippen MR) is 87.6 cm³/mol. The first-order chi connectivity index (χ1) is 8.87. The third-order valence-corrected chi connectivity index (χ3v) is 4.61. The van der Waals surface area contributed by atoms with E-state index in [1.807, 2.05) is 13.8 Å². The molecule has 0 atom stereocenters. The van der Waals surface area contributed by atoms with E-state index < -0.39 is 5.41 Å². The summed E-state index contributed by atoms with van der Waals surface area (Å²) in [6.45, 7) is 3.80. The Bertz CT molecular complexity index is 503. The van der Waals surface area contributed by atoms with Crippen molar-refractivity contribution in [3.8, 4) is 0 Å². The smallest absolute Gasteiger partial charge is 0.237 e. The highest BCUT2D eigenvalue weighted by Gasteiger charge is 2.38. The van der Waals surface area contributed by atoms with Crippen molar-refractivity contribution in [2.24, 2.45) is 11.1 Å². The number of rotatable bonds is 5. The molecule has 1 aromatic rings. The molecule has 0 aromatic heterocycles. The summed E-state index contributed by atoms with van der Waals surface area (Å²) in [6.07, 6.45) is 1.12. The molecule has 3 N–H and O–H groups in total. The van der Waals surface area contributed by atoms with Gasteiger partial charge in [-0.1, -0.05) is 37.7 Å². The van der Waals surface area contributed by atoms with Gasteiger partial charge in [0.15, 0.2) is 0 Å². The first-order valence-corrected chi connectivity index (χ1v) is 7.51. The summed E-state index contributed by atoms with van der Waals surface area (Å²) in [6, 6.07) is 5.19. The Morgan fingerprint density at radius 2 is 2.05 bits per heavy atom. The molecule has 0 bridgehead atoms. The molecule has 0 aliphatic rings. The molecule has 0 fully saturated rings. The van der Waals surface area contributed by atoms with Crippen molar-refractivity contribution in [2.75, 3.05) is 5.32 Å². The minimum Gasteiger partial charge on any atom is -0.392 e. The van der Waals surface area contributed by atoms with Crippen LogP contribution in [-0.2, 0) is 4.79 Å². The maximum Gasteiger partial charge on any atom is 0.237 e. The van der Waals surface area contributed by atoms with E-state index in [2.05, 4.69) is 21.2 Å². The SMILES string of the molecule is CCC(CC)(C(=O)Nc1cc(Cl)ccc1Br)C(N)=S. The van der Waals surface area contributed by atoms with Gasteiger partial charge in [0, 0.05) is 9.50 Å². The maximum absolute atomic E-state index is 12.5. The fourth-order valence-corrected chi connectivity index (χ4v) is 2.77. The van der Waals surface area contributed by atoms with Crippen LogP contribution in [0.3, 0.4) is 0 Å². The molecule has 0 spiro atoms. The van der Waals surface area contributed by atoms with Gasteiger partial charge in [-0.3, -0.25) is 4.79 Å². The molecule has 0 saturated carbocycles. The van der Waals surface area contributed by atoms with Crippen LogP contribution in [0.15, 0.2) is 22.7 Å². The molecular formula is C13H16BrClN2OS. The van der Waals surface area contributed by atoms with Gasteiger partial charge in [0.05, 0.1) is 16.1 Å². The molecule has 104 valence electrons. The lowest BCUT2D eigenvalue weighted by Gasteiger charge is -2.29. The lowest BCUT2D eigenvalue weighted by atomic mass is 9.81. The van der Waals surface area contributed by atoms with Crippen LogP contribution < -0.4 is 11.1 Å². The monoisotopic (exact) mass is 362 g/mol. The first-order valence-electron chi connectivity index (χ1n) is 5.93. The van der Waals surface area contributed by atoms with Crippen LogP contribution in [0, 0.1) is 5.41 Å². The van der Waals surface area contributed by atoms with Gasteiger partial charge < -0.3 is 11.1 Å². The Balaban J connectivity index is 3.07. The maximum atomic E-state index is 12.5. The number of thiocarbonyl (C=S) groups is 1. The minimum atomic E-state index is -0.822. The van der Waals surface area contributed by atoms with E-state index in [0.717, 1.165) is 4.47 Å². The quantitative estimate of drug-likeness (QED) is 0.773. The number of nitrogens with two attached hydrogens (primary N) is 1. The average molecular weight is 364 g/mol. The molecule has 0 aliphatic heterocycles. The van der Waals surface area contributed by atoms with Gasteiger partial charge in [0.1, 0.15) is 0 Å². The van der Waals surface area contributed by atoms with Gasteiger partial charge in [-0.15, -0.1) is 0 Å². The summed E-state index contributed by atoms with van der Waals surface area (Å²) in [4.78, 5) is 12.7. The van der Waals surface area contributed by atoms with Crippen molar-refractivity contribution in [1.29, 1.82) is 0 Å². The number of amides is 1. The Hall–Kier alpha value is -0.650. The molecule has 1 amide bonds. The largest absolute Gasteiger partial charge is 0.392 e. The van der Waals surface area contributed by atoms with Crippen molar-refractivity contribution in [3.05, 3.63) is 27.7 Å². The molecule has 0 saturated heterocycles. The first kappa shape index (κ1) is 16.4. The van der Waals surface area contributed by atoms with Crippen LogP contribution in [0.1, 0.15) is 26.7 Å². The van der Waals surface area contributed by atoms with Gasteiger partial charge in [0.25, 0.3) is 0 Å². The van der Waals surface area contributed by atoms with E-state index in [-0.39, 0.29) is 10.9 Å². The van der Waals surface area contributed by atoms with E-state index >= 15 is 0 Å². The van der Waals surface area contributed by atoms with E-state index in [1.54, 1.807) is 18.2 Å². The lowest BCUT2D eigenvalue weighted by Crippen LogP contribution is -2.45. The molecule has 0 heterocycles. The number of nitrogens with one attached hydrogen (secondary N) is 1. The van der Waals surface area contributed by atoms with E-state index in [0.29, 0.717) is 23.6 Å². The molecule has 19 heavy (non-hydrogen) atoms. The van der Waals surface area contributed by atoms with Crippen LogP contribution >= 0.6 is 39.7 Å². The van der Waals surface area contributed by atoms with E-state index in [4.69, 9.17) is 29.6 Å². The fourth-order valence-electron chi connectivity index (χ4n) is 1.87. The lowest BCUT2D eigenvalue weighted by molar-refractivity contribution is -0.122. The van der Waals surface area contributed by atoms with Crippen molar-refractivity contribution < 1.29 is 4.79 Å². The van der Waals surface area contributed by atoms with Crippen molar-refractivity contribution in [1.82, 2.24) is 0 Å². The average Bonchev–Trinajstić information content (AvgIpc) is 2.35. The second-order valence-electron chi connectivity index (χ2n) is 4.23. The third kappa shape index (κ3) is 3.46. The van der Waals surface area contributed by atoms with Gasteiger partial charge in [-0.05, 0) is 47.0 Å². The van der Waals surface area contributed by atoms with Crippen LogP contribution in [0.5, 0.6) is 0 Å². The van der Waals surface area contributed by atoms with E-state index in [9.17, 15) is 4.79 Å². The number of halogens is 2. The summed E-state index contributed by atoms with van der Waals surface area (Å²) >= 11 is 14.3. The van der Waals surface area contributed by atoms with Crippen LogP contribution in [0.4, 0.5) is 5.69 Å². The number of carbonyl (C=O) groups is 1. The number of hydrogen-bond acceptors (Lipinski definition) is 2. The highest BCUT2D eigenvalue weighted by molar-refractivity contribution is 9.10. The van der Waals surface area contributed by atoms with Crippen molar-refractivity contribution >= 4 is 56.3 Å². The summed E-state index contributed by atoms with van der Waals surface area (Å²) in [5.41, 5.74) is 5.54. The van der Waals surface area contributed by atoms with Gasteiger partial charge in [0.2, 0.25) is 5.91 Å². The second kappa shape index (κ2) is 6.68. The normalized spacial score (nSPS) is 11.2. The number of carbonyl (C=O) groups excluding carboxylic acids is 1. The molecule has 1 rings (SSSR count). The van der Waals surface area contributed by atoms with Crippen molar-refractivity contribution in [2.45, 2.75) is 26.7 Å². The predicted octanol–water partition coefficient (Wildman–Crippen LogP) is 4.13. The molecular weight excluding hydrogens is 348 g/mol. The zero-order chi connectivity index (χ0) is 14.6. The Morgan fingerprint density at radius 1 is 1.47 bits per heavy atom. The summed E-state index contributed by atoms with van der Waals surface area (Å²) in [7, 11) is 0. The third-order valence-electron chi connectivity index (χ3n) is 3.29. The second-order valence-corrected chi connectivity index (χ2v) is 5.96. The van der Waals surface area contributed by atoms with Gasteiger partial charge >= 0.3 is 0 Å². The number of benzene rings is 1. The molecule has 1 aromatic carbocycles. The molecule has 0 unspecified atom stereocenters. The zero-order valence-electron chi connectivity index (χ0n) is 10.8. The molecule has 0 aliphatic carbocycles. The van der Waals surface area contributed by atoms with Crippen LogP contribution in [0.25, 0.3) is 0 Å². The van der Waals surface area contributed by atoms with Crippen LogP contribution in [0.2, 0.25) is 5.02 Å². The molecule has 0 radical (unpaired) electrons. The van der Waals surface area contributed by atoms with Gasteiger partial charge in [-0.2, -0.15) is 0 Å². The summed E-state index contributed by atoms with van der Waals surface area (Å²) < 4.78 is 0.759. The zero-order valence-corrected chi connectivity index (χ0v) is 14.0. The van der Waals surface area contributed by atoms with E-state index in [1.165, 1.54) is 0 Å². The topological polar surface area (TPSA) is 55.1 Å². The molecule has 6 heteroatoms. The Morgan fingerprint density at radius 3 is 2.53 bits per heavy atom. The standard InChI is InChI=1S/C13H16BrClN2OS/c1-3-13(4-2,11(16)19)12(18)17-10-7-8(15)5-6-9(10)14/h5-7H,3-4H2,1-2H3,(H2,16,19)(H,17,18). The summed E-state index contributed by atoms with van der Waals surface area (Å²) in [5.74, 6) is -0.201. The van der Waals surface area contributed by atoms with Crippen LogP contribution in [-0.4, -0.2) is 10.9 Å². The molecule has 3 nitrogen and oxygen atoms in total. The highest BCUT2D eigenvalue weighted by Crippen LogP contribution is 2.32. The Kier molecular flexibility index (Phi) is 5.77. The van der Waals surface area contributed by atoms with Gasteiger partial charge in [-0.25, -0.2) is 0 Å². The fraction of sp³-hybridized carbons (Fsp3) is 0.385. The number of hydrogen-bond donors (Lipinski definition) is 2. The van der Waals surface area contributed by atoms with Crippen molar-refractivity contribution in [3.63, 3.8) is 0 Å². The number of anilines is 1. The minimum absolute atomic E-state index is 0.201. The highest BCUT2D eigenvalue weighted by atomic mass is 79.9. The summed E-state index contributed by atoms with van der Waals surface area (Å²) in [5, 5.41) is 3.39.